The number of fused-ring (bicyclic) bond motifs is 1. The first-order valence-corrected chi connectivity index (χ1v) is 11.1. The van der Waals surface area contributed by atoms with E-state index in [1.807, 2.05) is 30.2 Å². The highest BCUT2D eigenvalue weighted by molar-refractivity contribution is 5.91. The van der Waals surface area contributed by atoms with Crippen molar-refractivity contribution in [2.45, 2.75) is 26.2 Å². The molecule has 2 aromatic rings. The molecule has 0 radical (unpaired) electrons. The number of aromatic amines is 1. The number of urea groups is 1. The minimum Gasteiger partial charge on any atom is -0.465 e. The number of likely N-dealkylation sites (N-methyl/N-ethyl adjacent to an activating group) is 1. The molecular formula is C24H34N6O3. The van der Waals surface area contributed by atoms with E-state index < -0.39 is 5.97 Å². The molecule has 0 unspecified atom stereocenters. The zero-order valence-corrected chi connectivity index (χ0v) is 19.7. The molecule has 33 heavy (non-hydrogen) atoms. The summed E-state index contributed by atoms with van der Waals surface area (Å²) in [5.74, 6) is 0.469. The summed E-state index contributed by atoms with van der Waals surface area (Å²) in [5.41, 5.74) is 1.26. The first-order chi connectivity index (χ1) is 16.0. The molecule has 0 atom stereocenters. The van der Waals surface area contributed by atoms with Gasteiger partial charge in [-0.25, -0.2) is 19.6 Å². The summed E-state index contributed by atoms with van der Waals surface area (Å²) in [6.45, 7) is 8.66. The lowest BCUT2D eigenvalue weighted by atomic mass is 10.1. The molecule has 9 nitrogen and oxygen atoms in total. The number of esters is 1. The Morgan fingerprint density at radius 2 is 2.06 bits per heavy atom. The molecule has 1 fully saturated rings. The van der Waals surface area contributed by atoms with Crippen LogP contribution in [-0.2, 0) is 9.53 Å². The number of methoxy groups -OCH3 is 1. The fourth-order valence-electron chi connectivity index (χ4n) is 3.31. The minimum atomic E-state index is -0.424. The molecule has 2 aromatic heterocycles. The van der Waals surface area contributed by atoms with Crippen molar-refractivity contribution in [1.29, 1.82) is 0 Å². The number of amides is 2. The normalized spacial score (nSPS) is 13.9. The molecule has 2 N–H and O–H groups in total. The molecular weight excluding hydrogens is 420 g/mol. The summed E-state index contributed by atoms with van der Waals surface area (Å²) in [4.78, 5) is 38.3. The monoisotopic (exact) mass is 454 g/mol. The third-order valence-corrected chi connectivity index (χ3v) is 5.08. The summed E-state index contributed by atoms with van der Waals surface area (Å²) >= 11 is 0. The van der Waals surface area contributed by atoms with Crippen molar-refractivity contribution in [3.05, 3.63) is 55.0 Å². The van der Waals surface area contributed by atoms with Gasteiger partial charge in [-0.2, -0.15) is 0 Å². The molecule has 3 rings (SSSR count). The van der Waals surface area contributed by atoms with Gasteiger partial charge in [0.1, 0.15) is 17.8 Å². The molecule has 3 heterocycles. The van der Waals surface area contributed by atoms with Crippen LogP contribution in [0.15, 0.2) is 55.0 Å². The maximum Gasteiger partial charge on any atom is 0.337 e. The van der Waals surface area contributed by atoms with Crippen LogP contribution in [0.4, 0.5) is 10.6 Å². The van der Waals surface area contributed by atoms with Crippen molar-refractivity contribution in [2.75, 3.05) is 45.7 Å². The van der Waals surface area contributed by atoms with Gasteiger partial charge in [0.2, 0.25) is 0 Å². The molecule has 1 aliphatic rings. The predicted octanol–water partition coefficient (Wildman–Crippen LogP) is 3.76. The summed E-state index contributed by atoms with van der Waals surface area (Å²) in [7, 11) is 3.11. The summed E-state index contributed by atoms with van der Waals surface area (Å²) in [5, 5.41) is 4.21. The molecule has 0 aromatic carbocycles. The van der Waals surface area contributed by atoms with Crippen molar-refractivity contribution in [1.82, 2.24) is 24.8 Å². The second-order valence-corrected chi connectivity index (χ2v) is 7.45. The van der Waals surface area contributed by atoms with Crippen LogP contribution in [0, 0.1) is 0 Å². The largest absolute Gasteiger partial charge is 0.465 e. The van der Waals surface area contributed by atoms with Crippen LogP contribution in [0.25, 0.3) is 11.0 Å². The fourth-order valence-corrected chi connectivity index (χ4v) is 3.31. The van der Waals surface area contributed by atoms with Crippen molar-refractivity contribution >= 4 is 28.9 Å². The number of carbonyl (C=O) groups is 2. The molecule has 9 heteroatoms. The van der Waals surface area contributed by atoms with Crippen LogP contribution in [0.3, 0.4) is 0 Å². The Bertz CT molecular complexity index is 975. The van der Waals surface area contributed by atoms with Crippen LogP contribution in [-0.4, -0.2) is 77.1 Å². The van der Waals surface area contributed by atoms with E-state index in [1.165, 1.54) is 19.6 Å². The number of hydrogen-bond donors (Lipinski definition) is 2. The quantitative estimate of drug-likeness (QED) is 0.375. The molecule has 1 aliphatic heterocycles. The first-order valence-electron chi connectivity index (χ1n) is 11.1. The van der Waals surface area contributed by atoms with Gasteiger partial charge in [0.25, 0.3) is 0 Å². The molecule has 2 amide bonds. The van der Waals surface area contributed by atoms with Gasteiger partial charge in [0, 0.05) is 39.4 Å². The Hall–Kier alpha value is -3.62. The highest BCUT2D eigenvalue weighted by Crippen LogP contribution is 2.16. The molecule has 178 valence electrons. The summed E-state index contributed by atoms with van der Waals surface area (Å²) in [6.07, 6.45) is 13.4. The second-order valence-electron chi connectivity index (χ2n) is 7.45. The predicted molar refractivity (Wildman–Crippen MR) is 131 cm³/mol. The van der Waals surface area contributed by atoms with Gasteiger partial charge in [-0.1, -0.05) is 24.8 Å². The van der Waals surface area contributed by atoms with Crippen LogP contribution in [0.2, 0.25) is 0 Å². The molecule has 0 bridgehead atoms. The lowest BCUT2D eigenvalue weighted by Crippen LogP contribution is -2.43. The third-order valence-electron chi connectivity index (χ3n) is 5.08. The molecule has 0 aliphatic carbocycles. The first kappa shape index (κ1) is 25.6. The number of hydrogen-bond acceptors (Lipinski definition) is 6. The average Bonchev–Trinajstić information content (AvgIpc) is 3.34. The third kappa shape index (κ3) is 7.78. The maximum atomic E-state index is 12.1. The van der Waals surface area contributed by atoms with Gasteiger partial charge in [0.05, 0.1) is 18.1 Å². The van der Waals surface area contributed by atoms with Gasteiger partial charge in [0.15, 0.2) is 0 Å². The van der Waals surface area contributed by atoms with Crippen LogP contribution >= 0.6 is 0 Å². The zero-order valence-electron chi connectivity index (χ0n) is 19.7. The molecule has 0 spiro atoms. The Kier molecular flexibility index (Phi) is 10.7. The number of carbonyl (C=O) groups excluding carboxylic acids is 2. The number of likely N-dealkylation sites (tertiary alicyclic amines) is 1. The number of piperidine rings is 1. The number of allylic oxidation sites excluding steroid dienone is 2. The van der Waals surface area contributed by atoms with Crippen molar-refractivity contribution < 1.29 is 14.3 Å². The zero-order chi connectivity index (χ0) is 24.1. The molecule has 0 saturated carbocycles. The van der Waals surface area contributed by atoms with Crippen molar-refractivity contribution in [3.63, 3.8) is 0 Å². The van der Waals surface area contributed by atoms with E-state index in [-0.39, 0.29) is 6.03 Å². The van der Waals surface area contributed by atoms with Gasteiger partial charge in [-0.3, -0.25) is 0 Å². The average molecular weight is 455 g/mol. The number of nitrogens with zero attached hydrogens (tertiary/aromatic N) is 4. The fraction of sp³-hybridized carbons (Fsp3) is 0.417. The van der Waals surface area contributed by atoms with E-state index in [2.05, 4.69) is 31.6 Å². The summed E-state index contributed by atoms with van der Waals surface area (Å²) < 4.78 is 4.62. The van der Waals surface area contributed by atoms with E-state index in [0.717, 1.165) is 49.3 Å². The Morgan fingerprint density at radius 1 is 1.30 bits per heavy atom. The Labute approximate surface area is 195 Å². The van der Waals surface area contributed by atoms with Gasteiger partial charge in [-0.05, 0) is 38.3 Å². The van der Waals surface area contributed by atoms with Crippen LogP contribution in [0.1, 0.15) is 26.2 Å². The van der Waals surface area contributed by atoms with E-state index in [1.54, 1.807) is 30.4 Å². The highest BCUT2D eigenvalue weighted by atomic mass is 16.5. The van der Waals surface area contributed by atoms with Gasteiger partial charge in [-0.15, -0.1) is 0 Å². The van der Waals surface area contributed by atoms with Crippen molar-refractivity contribution in [3.8, 4) is 0 Å². The second kappa shape index (κ2) is 13.7. The maximum absolute atomic E-state index is 12.1. The Balaban J connectivity index is 0.000000268. The SMILES string of the molecule is C=C/C(=C\C=C\CN(C)C(=O)N1CCCCC1)C(=O)OC.CCNc1ncnc2[nH]ccc12. The van der Waals surface area contributed by atoms with Crippen molar-refractivity contribution in [2.24, 2.45) is 0 Å². The number of nitrogens with one attached hydrogen (secondary N) is 2. The smallest absolute Gasteiger partial charge is 0.337 e. The van der Waals surface area contributed by atoms with Crippen LogP contribution < -0.4 is 5.32 Å². The lowest BCUT2D eigenvalue weighted by Gasteiger charge is -2.30. The van der Waals surface area contributed by atoms with Gasteiger partial charge >= 0.3 is 12.0 Å². The van der Waals surface area contributed by atoms with E-state index in [4.69, 9.17) is 0 Å². The number of aromatic nitrogens is 3. The van der Waals surface area contributed by atoms with Crippen LogP contribution in [0.5, 0.6) is 0 Å². The lowest BCUT2D eigenvalue weighted by molar-refractivity contribution is -0.135. The molecule has 1 saturated heterocycles. The minimum absolute atomic E-state index is 0.0558. The number of rotatable bonds is 7. The number of H-pyrrole nitrogens is 1. The topological polar surface area (TPSA) is 103 Å². The van der Waals surface area contributed by atoms with E-state index in [9.17, 15) is 9.59 Å². The number of ether oxygens (including phenoxy) is 1. The van der Waals surface area contributed by atoms with E-state index in [0.29, 0.717) is 12.1 Å². The summed E-state index contributed by atoms with van der Waals surface area (Å²) in [6, 6.07) is 2.02. The Morgan fingerprint density at radius 3 is 2.73 bits per heavy atom. The van der Waals surface area contributed by atoms with Gasteiger partial charge < -0.3 is 24.8 Å². The number of anilines is 1. The highest BCUT2D eigenvalue weighted by Gasteiger charge is 2.18. The van der Waals surface area contributed by atoms with E-state index >= 15 is 0 Å². The standard InChI is InChI=1S/C16H24N2O3.C8H10N4/c1-4-14(15(19)21-3)10-6-9-11-17(2)16(20)18-12-7-5-8-13-18;1-2-9-7-6-3-4-10-8(6)12-5-11-7/h4,6,9-10H,1,5,7-8,11-13H2,2-3H3;3-5H,2H2,1H3,(H2,9,10,11,12)/b9-6+,14-10+;.